The third kappa shape index (κ3) is 2.52. The number of anilines is 1. The molecule has 0 aliphatic carbocycles. The summed E-state index contributed by atoms with van der Waals surface area (Å²) in [6.45, 7) is 3.34. The van der Waals surface area contributed by atoms with Gasteiger partial charge < -0.3 is 9.64 Å². The van der Waals surface area contributed by atoms with Crippen molar-refractivity contribution in [2.75, 3.05) is 23.3 Å². The normalized spacial score (nSPS) is 25.8. The van der Waals surface area contributed by atoms with Crippen LogP contribution in [0.15, 0.2) is 18.3 Å². The molecule has 0 aromatic carbocycles. The molecule has 1 aromatic rings. The molecular weight excluding hydrogens is 275 g/mol. The Kier molecular flexibility index (Phi) is 3.76. The van der Waals surface area contributed by atoms with E-state index in [-0.39, 0.29) is 18.0 Å². The fourth-order valence-corrected chi connectivity index (χ4v) is 2.27. The van der Waals surface area contributed by atoms with Crippen molar-refractivity contribution in [3.63, 3.8) is 0 Å². The summed E-state index contributed by atoms with van der Waals surface area (Å²) in [5.74, 6) is 0.147. The molecule has 5 heteroatoms. The van der Waals surface area contributed by atoms with E-state index in [1.54, 1.807) is 12.3 Å². The molecule has 0 amide bonds. The van der Waals surface area contributed by atoms with Crippen molar-refractivity contribution in [1.82, 2.24) is 4.98 Å². The quantitative estimate of drug-likeness (QED) is 0.781. The van der Waals surface area contributed by atoms with E-state index < -0.39 is 0 Å². The highest BCUT2D eigenvalue weighted by Gasteiger charge is 2.26. The number of nitrogens with zero attached hydrogens (tertiary/aromatic N) is 2. The van der Waals surface area contributed by atoms with Crippen molar-refractivity contribution in [3.05, 3.63) is 24.1 Å². The van der Waals surface area contributed by atoms with Crippen molar-refractivity contribution >= 4 is 21.7 Å². The standard InChI is InChI=1S/C11H14BrFN2O/c1-8-6-15(7-9(5-12)16-8)11-10(13)3-2-4-14-11/h2-4,8-9H,5-7H2,1H3. The number of alkyl halides is 1. The molecule has 0 saturated carbocycles. The third-order valence-corrected chi connectivity index (χ3v) is 3.26. The minimum absolute atomic E-state index is 0.0881. The Hall–Kier alpha value is -0.680. The summed E-state index contributed by atoms with van der Waals surface area (Å²) in [5.41, 5.74) is 0. The number of hydrogen-bond donors (Lipinski definition) is 0. The second-order valence-electron chi connectivity index (χ2n) is 3.94. The monoisotopic (exact) mass is 288 g/mol. The summed E-state index contributed by atoms with van der Waals surface area (Å²) >= 11 is 3.39. The fourth-order valence-electron chi connectivity index (χ4n) is 1.91. The molecule has 88 valence electrons. The highest BCUT2D eigenvalue weighted by molar-refractivity contribution is 9.09. The van der Waals surface area contributed by atoms with Crippen LogP contribution in [-0.2, 0) is 4.74 Å². The minimum atomic E-state index is -0.273. The number of ether oxygens (including phenoxy) is 1. The van der Waals surface area contributed by atoms with Gasteiger partial charge in [0.05, 0.1) is 12.2 Å². The van der Waals surface area contributed by atoms with Gasteiger partial charge in [0, 0.05) is 24.6 Å². The molecule has 2 atom stereocenters. The SMILES string of the molecule is CC1CN(c2ncccc2F)CC(CBr)O1. The van der Waals surface area contributed by atoms with E-state index in [0.717, 1.165) is 5.33 Å². The van der Waals surface area contributed by atoms with Crippen LogP contribution < -0.4 is 4.90 Å². The van der Waals surface area contributed by atoms with Gasteiger partial charge in [-0.15, -0.1) is 0 Å². The summed E-state index contributed by atoms with van der Waals surface area (Å²) in [4.78, 5) is 6.03. The summed E-state index contributed by atoms with van der Waals surface area (Å²) in [6, 6.07) is 3.04. The number of halogens is 2. The molecule has 1 aliphatic rings. The van der Waals surface area contributed by atoms with E-state index in [9.17, 15) is 4.39 Å². The molecule has 1 saturated heterocycles. The van der Waals surface area contributed by atoms with E-state index >= 15 is 0 Å². The Balaban J connectivity index is 2.17. The summed E-state index contributed by atoms with van der Waals surface area (Å²) < 4.78 is 19.3. The van der Waals surface area contributed by atoms with Gasteiger partial charge in [0.25, 0.3) is 0 Å². The second kappa shape index (κ2) is 5.10. The van der Waals surface area contributed by atoms with Crippen LogP contribution in [0.4, 0.5) is 10.2 Å². The van der Waals surface area contributed by atoms with Crippen LogP contribution in [-0.4, -0.2) is 35.6 Å². The Bertz CT molecular complexity index is 364. The average Bonchev–Trinajstić information content (AvgIpc) is 2.28. The topological polar surface area (TPSA) is 25.4 Å². The van der Waals surface area contributed by atoms with Crippen molar-refractivity contribution < 1.29 is 9.13 Å². The van der Waals surface area contributed by atoms with E-state index in [1.165, 1.54) is 6.07 Å². The smallest absolute Gasteiger partial charge is 0.165 e. The first kappa shape index (κ1) is 11.8. The lowest BCUT2D eigenvalue weighted by Gasteiger charge is -2.36. The van der Waals surface area contributed by atoms with Crippen LogP contribution in [0.1, 0.15) is 6.92 Å². The zero-order chi connectivity index (χ0) is 11.5. The number of hydrogen-bond acceptors (Lipinski definition) is 3. The predicted molar refractivity (Wildman–Crippen MR) is 64.5 cm³/mol. The number of rotatable bonds is 2. The van der Waals surface area contributed by atoms with Crippen LogP contribution in [0.2, 0.25) is 0 Å². The molecule has 2 unspecified atom stereocenters. The van der Waals surface area contributed by atoms with E-state index in [4.69, 9.17) is 4.74 Å². The van der Waals surface area contributed by atoms with Gasteiger partial charge in [-0.1, -0.05) is 15.9 Å². The first-order valence-electron chi connectivity index (χ1n) is 5.27. The first-order chi connectivity index (χ1) is 7.70. The van der Waals surface area contributed by atoms with Gasteiger partial charge in [-0.05, 0) is 19.1 Å². The molecule has 2 heterocycles. The zero-order valence-corrected chi connectivity index (χ0v) is 10.7. The van der Waals surface area contributed by atoms with Gasteiger partial charge in [0.15, 0.2) is 11.6 Å². The van der Waals surface area contributed by atoms with Crippen molar-refractivity contribution in [3.8, 4) is 0 Å². The third-order valence-electron chi connectivity index (χ3n) is 2.54. The zero-order valence-electron chi connectivity index (χ0n) is 9.07. The van der Waals surface area contributed by atoms with Crippen LogP contribution in [0, 0.1) is 5.82 Å². The maximum atomic E-state index is 13.6. The number of pyridine rings is 1. The van der Waals surface area contributed by atoms with Crippen LogP contribution in [0.5, 0.6) is 0 Å². The molecule has 16 heavy (non-hydrogen) atoms. The molecule has 0 spiro atoms. The summed E-state index contributed by atoms with van der Waals surface area (Å²) in [7, 11) is 0. The lowest BCUT2D eigenvalue weighted by molar-refractivity contribution is -0.00242. The van der Waals surface area contributed by atoms with Gasteiger partial charge in [-0.25, -0.2) is 9.37 Å². The fraction of sp³-hybridized carbons (Fsp3) is 0.545. The van der Waals surface area contributed by atoms with Gasteiger partial charge in [-0.3, -0.25) is 0 Å². The second-order valence-corrected chi connectivity index (χ2v) is 4.58. The van der Waals surface area contributed by atoms with Crippen molar-refractivity contribution in [2.24, 2.45) is 0 Å². The van der Waals surface area contributed by atoms with Gasteiger partial charge >= 0.3 is 0 Å². The Morgan fingerprint density at radius 1 is 1.62 bits per heavy atom. The van der Waals surface area contributed by atoms with Crippen LogP contribution in [0.25, 0.3) is 0 Å². The van der Waals surface area contributed by atoms with E-state index in [0.29, 0.717) is 18.9 Å². The highest BCUT2D eigenvalue weighted by Crippen LogP contribution is 2.21. The average molecular weight is 289 g/mol. The highest BCUT2D eigenvalue weighted by atomic mass is 79.9. The Morgan fingerprint density at radius 3 is 3.12 bits per heavy atom. The number of aromatic nitrogens is 1. The lowest BCUT2D eigenvalue weighted by atomic mass is 10.2. The minimum Gasteiger partial charge on any atom is -0.371 e. The maximum Gasteiger partial charge on any atom is 0.165 e. The summed E-state index contributed by atoms with van der Waals surface area (Å²) in [5, 5.41) is 0.752. The Labute approximate surface area is 103 Å². The maximum absolute atomic E-state index is 13.6. The molecule has 3 nitrogen and oxygen atoms in total. The van der Waals surface area contributed by atoms with Crippen LogP contribution >= 0.6 is 15.9 Å². The van der Waals surface area contributed by atoms with Crippen molar-refractivity contribution in [2.45, 2.75) is 19.1 Å². The molecule has 2 rings (SSSR count). The largest absolute Gasteiger partial charge is 0.371 e. The van der Waals surface area contributed by atoms with Crippen LogP contribution in [0.3, 0.4) is 0 Å². The molecule has 1 aliphatic heterocycles. The molecular formula is C11H14BrFN2O. The molecule has 1 aromatic heterocycles. The Morgan fingerprint density at radius 2 is 2.44 bits per heavy atom. The molecule has 0 bridgehead atoms. The summed E-state index contributed by atoms with van der Waals surface area (Å²) in [6.07, 6.45) is 1.80. The predicted octanol–water partition coefficient (Wildman–Crippen LogP) is 2.21. The van der Waals surface area contributed by atoms with Gasteiger partial charge in [0.1, 0.15) is 0 Å². The van der Waals surface area contributed by atoms with Crippen molar-refractivity contribution in [1.29, 1.82) is 0 Å². The number of morpholine rings is 1. The van der Waals surface area contributed by atoms with E-state index in [2.05, 4.69) is 20.9 Å². The van der Waals surface area contributed by atoms with E-state index in [1.807, 2.05) is 11.8 Å². The molecule has 1 fully saturated rings. The van der Waals surface area contributed by atoms with Gasteiger partial charge in [-0.2, -0.15) is 0 Å². The molecule has 0 N–H and O–H groups in total. The lowest BCUT2D eigenvalue weighted by Crippen LogP contribution is -2.48. The molecule has 0 radical (unpaired) electrons. The van der Waals surface area contributed by atoms with Gasteiger partial charge in [0.2, 0.25) is 0 Å². The first-order valence-corrected chi connectivity index (χ1v) is 6.39.